The molecule has 3 aromatic rings. The minimum atomic E-state index is -0.257. The van der Waals surface area contributed by atoms with Gasteiger partial charge in [0.05, 0.1) is 23.6 Å². The minimum absolute atomic E-state index is 0.00666. The van der Waals surface area contributed by atoms with E-state index in [4.69, 9.17) is 4.42 Å². The predicted octanol–water partition coefficient (Wildman–Crippen LogP) is 3.51. The summed E-state index contributed by atoms with van der Waals surface area (Å²) in [5.74, 6) is 1.53. The van der Waals surface area contributed by atoms with E-state index in [0.29, 0.717) is 18.2 Å². The number of aromatic nitrogens is 3. The second-order valence-electron chi connectivity index (χ2n) is 5.92. The molecule has 1 atom stereocenters. The Hall–Kier alpha value is -2.54. The molecule has 0 spiro atoms. The molecule has 0 saturated heterocycles. The number of aryl methyl sites for hydroxylation is 1. The van der Waals surface area contributed by atoms with Crippen LogP contribution in [0.5, 0.6) is 0 Å². The van der Waals surface area contributed by atoms with Gasteiger partial charge in [0.15, 0.2) is 11.0 Å². The number of carbonyl (C=O) groups is 1. The van der Waals surface area contributed by atoms with E-state index in [0.717, 1.165) is 22.7 Å². The van der Waals surface area contributed by atoms with Crippen LogP contribution in [0, 0.1) is 6.92 Å². The molecule has 1 N–H and O–H groups in total. The maximum atomic E-state index is 12.1. The maximum absolute atomic E-state index is 12.1. The summed E-state index contributed by atoms with van der Waals surface area (Å²) in [7, 11) is 0. The van der Waals surface area contributed by atoms with Crippen LogP contribution in [0.15, 0.2) is 52.2 Å². The molecule has 3 rings (SSSR count). The van der Waals surface area contributed by atoms with Crippen molar-refractivity contribution in [2.24, 2.45) is 0 Å². The van der Waals surface area contributed by atoms with Gasteiger partial charge >= 0.3 is 0 Å². The van der Waals surface area contributed by atoms with Crippen LogP contribution in [0.1, 0.15) is 25.2 Å². The number of rotatable bonds is 7. The molecule has 2 aromatic heterocycles. The second kappa shape index (κ2) is 8.23. The van der Waals surface area contributed by atoms with Gasteiger partial charge < -0.3 is 9.73 Å². The quantitative estimate of drug-likeness (QED) is 0.644. The van der Waals surface area contributed by atoms with E-state index >= 15 is 0 Å². The van der Waals surface area contributed by atoms with E-state index in [1.54, 1.807) is 6.26 Å². The van der Waals surface area contributed by atoms with Crippen molar-refractivity contribution in [1.82, 2.24) is 20.1 Å². The van der Waals surface area contributed by atoms with Crippen molar-refractivity contribution < 1.29 is 9.21 Å². The molecule has 7 heteroatoms. The van der Waals surface area contributed by atoms with Gasteiger partial charge in [-0.3, -0.25) is 9.36 Å². The van der Waals surface area contributed by atoms with E-state index in [9.17, 15) is 4.79 Å². The van der Waals surface area contributed by atoms with Crippen LogP contribution in [0.2, 0.25) is 0 Å². The normalized spacial score (nSPS) is 12.1. The van der Waals surface area contributed by atoms with Crippen LogP contribution in [-0.4, -0.2) is 32.5 Å². The summed E-state index contributed by atoms with van der Waals surface area (Å²) in [5, 5.41) is 12.0. The summed E-state index contributed by atoms with van der Waals surface area (Å²) in [6, 6.07) is 12.0. The Morgan fingerprint density at radius 1 is 1.27 bits per heavy atom. The van der Waals surface area contributed by atoms with Crippen molar-refractivity contribution in [3.05, 3.63) is 54.0 Å². The summed E-state index contributed by atoms with van der Waals surface area (Å²) >= 11 is 1.41. The lowest BCUT2D eigenvalue weighted by molar-refractivity contribution is -0.120. The molecular formula is C19H22N4O2S. The molecule has 1 amide bonds. The van der Waals surface area contributed by atoms with Crippen LogP contribution in [0.4, 0.5) is 0 Å². The third-order valence-electron chi connectivity index (χ3n) is 4.00. The first kappa shape index (κ1) is 18.3. The topological polar surface area (TPSA) is 73.0 Å². The zero-order valence-electron chi connectivity index (χ0n) is 15.1. The number of nitrogens with one attached hydrogen (secondary N) is 1. The molecule has 0 saturated carbocycles. The number of carbonyl (C=O) groups excluding carboxylic acids is 1. The lowest BCUT2D eigenvalue weighted by Gasteiger charge is -2.13. The third-order valence-corrected chi connectivity index (χ3v) is 5.08. The zero-order valence-corrected chi connectivity index (χ0v) is 15.9. The summed E-state index contributed by atoms with van der Waals surface area (Å²) in [5.41, 5.74) is 2.05. The van der Waals surface area contributed by atoms with Gasteiger partial charge in [-0.1, -0.05) is 42.1 Å². The Labute approximate surface area is 157 Å². The highest BCUT2D eigenvalue weighted by atomic mass is 32.2. The molecule has 0 aliphatic heterocycles. The van der Waals surface area contributed by atoms with E-state index in [1.807, 2.05) is 49.6 Å². The molecule has 0 fully saturated rings. The van der Waals surface area contributed by atoms with Gasteiger partial charge in [0.1, 0.15) is 5.76 Å². The molecule has 0 bridgehead atoms. The van der Waals surface area contributed by atoms with Gasteiger partial charge in [-0.2, -0.15) is 0 Å². The summed E-state index contributed by atoms with van der Waals surface area (Å²) < 4.78 is 7.47. The van der Waals surface area contributed by atoms with E-state index < -0.39 is 0 Å². The largest absolute Gasteiger partial charge is 0.469 e. The van der Waals surface area contributed by atoms with Gasteiger partial charge in [-0.25, -0.2) is 0 Å². The van der Waals surface area contributed by atoms with Crippen LogP contribution < -0.4 is 5.32 Å². The highest BCUT2D eigenvalue weighted by molar-refractivity contribution is 8.00. The molecule has 1 aromatic carbocycles. The van der Waals surface area contributed by atoms with E-state index in [-0.39, 0.29) is 11.2 Å². The second-order valence-corrected chi connectivity index (χ2v) is 7.23. The van der Waals surface area contributed by atoms with Crippen molar-refractivity contribution in [2.45, 2.75) is 37.7 Å². The maximum Gasteiger partial charge on any atom is 0.233 e. The minimum Gasteiger partial charge on any atom is -0.469 e. The fraction of sp³-hybridized carbons (Fsp3) is 0.316. The first-order valence-electron chi connectivity index (χ1n) is 8.56. The number of hydrogen-bond acceptors (Lipinski definition) is 5. The van der Waals surface area contributed by atoms with Crippen molar-refractivity contribution >= 4 is 17.7 Å². The number of nitrogens with zero attached hydrogens (tertiary/aromatic N) is 3. The molecule has 0 radical (unpaired) electrons. The van der Waals surface area contributed by atoms with Gasteiger partial charge in [0, 0.05) is 6.54 Å². The van der Waals surface area contributed by atoms with Crippen LogP contribution in [0.25, 0.3) is 11.4 Å². The average Bonchev–Trinajstić information content (AvgIpc) is 3.22. The molecule has 136 valence electrons. The standard InChI is InChI=1S/C19H22N4O2S/c1-4-20-18(24)14(3)26-19-22-21-17(16-10-11-25-13(16)2)23(19)12-15-8-6-5-7-9-15/h5-11,14H,4,12H2,1-3H3,(H,20,24)/t14-/m1/s1. The highest BCUT2D eigenvalue weighted by Crippen LogP contribution is 2.29. The SMILES string of the molecule is CCNC(=O)[C@@H](C)Sc1nnc(-c2ccoc2C)n1Cc1ccccc1. The molecule has 0 aliphatic carbocycles. The number of amides is 1. The molecule has 26 heavy (non-hydrogen) atoms. The summed E-state index contributed by atoms with van der Waals surface area (Å²) in [6.07, 6.45) is 1.65. The Morgan fingerprint density at radius 3 is 2.69 bits per heavy atom. The van der Waals surface area contributed by atoms with Crippen molar-refractivity contribution in [3.63, 3.8) is 0 Å². The molecule has 2 heterocycles. The Bertz CT molecular complexity index is 873. The fourth-order valence-electron chi connectivity index (χ4n) is 2.63. The average molecular weight is 370 g/mol. The lowest BCUT2D eigenvalue weighted by atomic mass is 10.2. The van der Waals surface area contributed by atoms with E-state index in [2.05, 4.69) is 27.6 Å². The summed E-state index contributed by atoms with van der Waals surface area (Å²) in [4.78, 5) is 12.1. The first-order chi connectivity index (χ1) is 12.6. The summed E-state index contributed by atoms with van der Waals surface area (Å²) in [6.45, 7) is 6.92. The van der Waals surface area contributed by atoms with Crippen molar-refractivity contribution in [1.29, 1.82) is 0 Å². The molecule has 0 aliphatic rings. The van der Waals surface area contributed by atoms with Gasteiger partial charge in [-0.15, -0.1) is 10.2 Å². The molecule has 0 unspecified atom stereocenters. The fourth-order valence-corrected chi connectivity index (χ4v) is 3.50. The van der Waals surface area contributed by atoms with E-state index in [1.165, 1.54) is 11.8 Å². The molecular weight excluding hydrogens is 348 g/mol. The van der Waals surface area contributed by atoms with Crippen molar-refractivity contribution in [2.75, 3.05) is 6.54 Å². The Balaban J connectivity index is 1.95. The number of hydrogen-bond donors (Lipinski definition) is 1. The van der Waals surface area contributed by atoms with Gasteiger partial charge in [0.25, 0.3) is 0 Å². The zero-order chi connectivity index (χ0) is 18.5. The number of furan rings is 1. The van der Waals surface area contributed by atoms with Crippen molar-refractivity contribution in [3.8, 4) is 11.4 Å². The van der Waals surface area contributed by atoms with Gasteiger partial charge in [0.2, 0.25) is 5.91 Å². The van der Waals surface area contributed by atoms with Gasteiger partial charge in [-0.05, 0) is 32.4 Å². The number of benzene rings is 1. The van der Waals surface area contributed by atoms with Crippen LogP contribution >= 0.6 is 11.8 Å². The monoisotopic (exact) mass is 370 g/mol. The Kier molecular flexibility index (Phi) is 5.78. The van der Waals surface area contributed by atoms with Crippen LogP contribution in [-0.2, 0) is 11.3 Å². The smallest absolute Gasteiger partial charge is 0.233 e. The molecule has 6 nitrogen and oxygen atoms in total. The number of thioether (sulfide) groups is 1. The highest BCUT2D eigenvalue weighted by Gasteiger charge is 2.22. The van der Waals surface area contributed by atoms with Crippen LogP contribution in [0.3, 0.4) is 0 Å². The lowest BCUT2D eigenvalue weighted by Crippen LogP contribution is -2.30. The third kappa shape index (κ3) is 3.99. The predicted molar refractivity (Wildman–Crippen MR) is 102 cm³/mol. The first-order valence-corrected chi connectivity index (χ1v) is 9.44. The Morgan fingerprint density at radius 2 is 2.04 bits per heavy atom.